The molecular weight excluding hydrogens is 319 g/mol. The monoisotopic (exact) mass is 333 g/mol. The highest BCUT2D eigenvalue weighted by molar-refractivity contribution is 5.27. The molecule has 0 saturated carbocycles. The third kappa shape index (κ3) is 3.27. The van der Waals surface area contributed by atoms with E-state index in [-0.39, 0.29) is 17.8 Å². The molecule has 0 radical (unpaired) electrons. The van der Waals surface area contributed by atoms with Crippen LogP contribution in [-0.4, -0.2) is 24.7 Å². The van der Waals surface area contributed by atoms with E-state index in [1.807, 2.05) is 0 Å². The first-order chi connectivity index (χ1) is 11.6. The van der Waals surface area contributed by atoms with Crippen LogP contribution in [0.4, 0.5) is 13.2 Å². The van der Waals surface area contributed by atoms with E-state index in [1.54, 1.807) is 6.92 Å². The van der Waals surface area contributed by atoms with Gasteiger partial charge in [-0.15, -0.1) is 0 Å². The molecule has 0 fully saturated rings. The van der Waals surface area contributed by atoms with Crippen molar-refractivity contribution in [3.8, 4) is 0 Å². The van der Waals surface area contributed by atoms with E-state index in [9.17, 15) is 13.2 Å². The second-order valence-corrected chi connectivity index (χ2v) is 5.43. The highest BCUT2D eigenvalue weighted by Gasteiger charge is 2.27. The highest BCUT2D eigenvalue weighted by atomic mass is 19.1. The van der Waals surface area contributed by atoms with E-state index >= 15 is 0 Å². The van der Waals surface area contributed by atoms with Gasteiger partial charge in [-0.3, -0.25) is 4.68 Å². The largest absolute Gasteiger partial charge is 0.252 e. The molecule has 2 aromatic heterocycles. The Morgan fingerprint density at radius 3 is 2.58 bits per heavy atom. The first-order valence-corrected chi connectivity index (χ1v) is 7.29. The smallest absolute Gasteiger partial charge is 0.163 e. The van der Waals surface area contributed by atoms with E-state index in [4.69, 9.17) is 0 Å². The van der Waals surface area contributed by atoms with Crippen LogP contribution < -0.4 is 0 Å². The van der Waals surface area contributed by atoms with Crippen LogP contribution in [-0.2, 0) is 6.54 Å². The van der Waals surface area contributed by atoms with Crippen LogP contribution in [0.15, 0.2) is 43.4 Å². The highest BCUT2D eigenvalue weighted by Crippen LogP contribution is 2.35. The van der Waals surface area contributed by atoms with E-state index in [2.05, 4.69) is 20.1 Å². The van der Waals surface area contributed by atoms with Gasteiger partial charge in [0.1, 0.15) is 30.6 Å². The molecule has 0 amide bonds. The normalized spacial score (nSPS) is 13.7. The lowest BCUT2D eigenvalue weighted by atomic mass is 9.84. The second kappa shape index (κ2) is 6.77. The van der Waals surface area contributed by atoms with E-state index in [1.165, 1.54) is 35.8 Å². The Labute approximate surface area is 136 Å². The van der Waals surface area contributed by atoms with Gasteiger partial charge in [-0.25, -0.2) is 28.1 Å². The third-order valence-corrected chi connectivity index (χ3v) is 3.94. The number of rotatable bonds is 5. The van der Waals surface area contributed by atoms with Crippen molar-refractivity contribution in [2.45, 2.75) is 25.3 Å². The Morgan fingerprint density at radius 2 is 1.92 bits per heavy atom. The Morgan fingerprint density at radius 1 is 1.08 bits per heavy atom. The summed E-state index contributed by atoms with van der Waals surface area (Å²) in [6.07, 6.45) is 5.14. The van der Waals surface area contributed by atoms with Crippen molar-refractivity contribution in [3.63, 3.8) is 0 Å². The summed E-state index contributed by atoms with van der Waals surface area (Å²) in [6, 6.07) is 3.35. The van der Waals surface area contributed by atoms with Crippen LogP contribution in [0.3, 0.4) is 0 Å². The average Bonchev–Trinajstić information content (AvgIpc) is 3.06. The molecule has 8 heteroatoms. The van der Waals surface area contributed by atoms with Crippen molar-refractivity contribution < 1.29 is 13.2 Å². The molecule has 0 spiro atoms. The third-order valence-electron chi connectivity index (χ3n) is 3.94. The van der Waals surface area contributed by atoms with Crippen LogP contribution >= 0.6 is 0 Å². The molecule has 5 nitrogen and oxygen atoms in total. The maximum Gasteiger partial charge on any atom is 0.163 e. The predicted molar refractivity (Wildman–Crippen MR) is 79.5 cm³/mol. The second-order valence-electron chi connectivity index (χ2n) is 5.43. The zero-order chi connectivity index (χ0) is 17.1. The average molecular weight is 333 g/mol. The van der Waals surface area contributed by atoms with Crippen molar-refractivity contribution in [2.75, 3.05) is 0 Å². The van der Waals surface area contributed by atoms with Crippen molar-refractivity contribution in [1.29, 1.82) is 0 Å². The van der Waals surface area contributed by atoms with Gasteiger partial charge < -0.3 is 0 Å². The van der Waals surface area contributed by atoms with Crippen LogP contribution in [0.2, 0.25) is 0 Å². The number of hydrogen-bond donors (Lipinski definition) is 0. The first-order valence-electron chi connectivity index (χ1n) is 7.29. The Hall–Kier alpha value is -2.77. The molecule has 2 atom stereocenters. The van der Waals surface area contributed by atoms with Crippen LogP contribution in [0.25, 0.3) is 0 Å². The molecule has 0 bridgehead atoms. The van der Waals surface area contributed by atoms with Crippen molar-refractivity contribution >= 4 is 0 Å². The standard InChI is InChI=1S/C16H14F3N5/c1-10(16-15(19)5-20-7-22-16)13(6-24-9-21-8-23-24)12-3-2-11(17)4-14(12)18/h2-5,7-10,13H,6H2,1H3. The molecule has 1 aromatic carbocycles. The first kappa shape index (κ1) is 16.1. The summed E-state index contributed by atoms with van der Waals surface area (Å²) in [5.74, 6) is -2.94. The predicted octanol–water partition coefficient (Wildman–Crippen LogP) is 3.07. The topological polar surface area (TPSA) is 56.5 Å². The molecule has 3 rings (SSSR count). The van der Waals surface area contributed by atoms with E-state index in [0.29, 0.717) is 0 Å². The molecule has 124 valence electrons. The van der Waals surface area contributed by atoms with Gasteiger partial charge in [0.25, 0.3) is 0 Å². The maximum atomic E-state index is 14.3. The number of halogens is 3. The number of nitrogens with zero attached hydrogens (tertiary/aromatic N) is 5. The minimum atomic E-state index is -0.693. The summed E-state index contributed by atoms with van der Waals surface area (Å²) >= 11 is 0. The Bertz CT molecular complexity index is 822. The molecule has 2 heterocycles. The molecule has 3 aromatic rings. The Kier molecular flexibility index (Phi) is 4.54. The van der Waals surface area contributed by atoms with Gasteiger partial charge in [-0.1, -0.05) is 13.0 Å². The minimum Gasteiger partial charge on any atom is -0.252 e. The van der Waals surface area contributed by atoms with Gasteiger partial charge in [-0.05, 0) is 11.6 Å². The lowest BCUT2D eigenvalue weighted by Crippen LogP contribution is -2.19. The quantitative estimate of drug-likeness (QED) is 0.720. The number of aromatic nitrogens is 5. The molecular formula is C16H14F3N5. The molecule has 24 heavy (non-hydrogen) atoms. The fourth-order valence-corrected chi connectivity index (χ4v) is 2.70. The lowest BCUT2D eigenvalue weighted by Gasteiger charge is -2.24. The van der Waals surface area contributed by atoms with Crippen molar-refractivity contribution in [1.82, 2.24) is 24.7 Å². The fraction of sp³-hybridized carbons (Fsp3) is 0.250. The van der Waals surface area contributed by atoms with Crippen molar-refractivity contribution in [3.05, 3.63) is 72.1 Å². The molecule has 0 aliphatic heterocycles. The van der Waals surface area contributed by atoms with Crippen molar-refractivity contribution in [2.24, 2.45) is 0 Å². The van der Waals surface area contributed by atoms with Crippen LogP contribution in [0.5, 0.6) is 0 Å². The molecule has 0 N–H and O–H groups in total. The van der Waals surface area contributed by atoms with Crippen LogP contribution in [0, 0.1) is 17.5 Å². The van der Waals surface area contributed by atoms with E-state index in [0.717, 1.165) is 12.3 Å². The van der Waals surface area contributed by atoms with Gasteiger partial charge in [0, 0.05) is 17.9 Å². The van der Waals surface area contributed by atoms with Gasteiger partial charge in [-0.2, -0.15) is 5.10 Å². The van der Waals surface area contributed by atoms with Gasteiger partial charge in [0.05, 0.1) is 18.4 Å². The van der Waals surface area contributed by atoms with Gasteiger partial charge >= 0.3 is 0 Å². The molecule has 0 aliphatic carbocycles. The SMILES string of the molecule is CC(c1ncncc1F)C(Cn1cncn1)c1ccc(F)cc1F. The zero-order valence-corrected chi connectivity index (χ0v) is 12.8. The minimum absolute atomic E-state index is 0.166. The van der Waals surface area contributed by atoms with E-state index < -0.39 is 29.3 Å². The zero-order valence-electron chi connectivity index (χ0n) is 12.8. The summed E-state index contributed by atoms with van der Waals surface area (Å²) in [6.45, 7) is 1.98. The molecule has 2 unspecified atom stereocenters. The maximum absolute atomic E-state index is 14.3. The summed E-state index contributed by atoms with van der Waals surface area (Å²) in [5, 5.41) is 4.01. The summed E-state index contributed by atoms with van der Waals surface area (Å²) in [7, 11) is 0. The summed E-state index contributed by atoms with van der Waals surface area (Å²) in [4.78, 5) is 11.5. The number of benzene rings is 1. The number of hydrogen-bond acceptors (Lipinski definition) is 4. The molecule has 0 aliphatic rings. The van der Waals surface area contributed by atoms with Gasteiger partial charge in [0.2, 0.25) is 0 Å². The van der Waals surface area contributed by atoms with Gasteiger partial charge in [0.15, 0.2) is 5.82 Å². The molecule has 0 saturated heterocycles. The Balaban J connectivity index is 2.03. The van der Waals surface area contributed by atoms with Crippen LogP contribution in [0.1, 0.15) is 30.0 Å². The summed E-state index contributed by atoms with van der Waals surface area (Å²) in [5.41, 5.74) is 0.427. The fourth-order valence-electron chi connectivity index (χ4n) is 2.70. The lowest BCUT2D eigenvalue weighted by molar-refractivity contribution is 0.424. The summed E-state index contributed by atoms with van der Waals surface area (Å²) < 4.78 is 43.1.